The van der Waals surface area contributed by atoms with Crippen molar-refractivity contribution in [1.82, 2.24) is 10.3 Å². The lowest BCUT2D eigenvalue weighted by Gasteiger charge is -2.08. The van der Waals surface area contributed by atoms with Gasteiger partial charge in [0.15, 0.2) is 6.39 Å². The Bertz CT molecular complexity index is 360. The summed E-state index contributed by atoms with van der Waals surface area (Å²) in [4.78, 5) is 15.9. The SMILES string of the molecule is Cc1ncoc1C(=O)NCC(Br)C1CC1. The highest BCUT2D eigenvalue weighted by molar-refractivity contribution is 9.09. The van der Waals surface area contributed by atoms with Gasteiger partial charge in [-0.1, -0.05) is 15.9 Å². The minimum atomic E-state index is -0.185. The second-order valence-electron chi connectivity index (χ2n) is 3.83. The number of aromatic nitrogens is 1. The van der Waals surface area contributed by atoms with Crippen LogP contribution in [0.15, 0.2) is 10.8 Å². The number of nitrogens with zero attached hydrogens (tertiary/aromatic N) is 1. The van der Waals surface area contributed by atoms with E-state index < -0.39 is 0 Å². The van der Waals surface area contributed by atoms with Crippen LogP contribution in [0.25, 0.3) is 0 Å². The molecule has 1 saturated carbocycles. The average molecular weight is 273 g/mol. The molecule has 1 aromatic rings. The summed E-state index contributed by atoms with van der Waals surface area (Å²) < 4.78 is 5.00. The highest BCUT2D eigenvalue weighted by atomic mass is 79.9. The molecule has 15 heavy (non-hydrogen) atoms. The second kappa shape index (κ2) is 4.35. The van der Waals surface area contributed by atoms with E-state index in [0.717, 1.165) is 5.92 Å². The maximum atomic E-state index is 11.6. The topological polar surface area (TPSA) is 55.1 Å². The Labute approximate surface area is 96.6 Å². The van der Waals surface area contributed by atoms with Crippen LogP contribution in [-0.2, 0) is 0 Å². The monoisotopic (exact) mass is 272 g/mol. The van der Waals surface area contributed by atoms with Crippen molar-refractivity contribution in [1.29, 1.82) is 0 Å². The highest BCUT2D eigenvalue weighted by Gasteiger charge is 2.29. The molecule has 2 rings (SSSR count). The summed E-state index contributed by atoms with van der Waals surface area (Å²) in [5.74, 6) is 0.849. The molecule has 5 heteroatoms. The van der Waals surface area contributed by atoms with E-state index in [1.165, 1.54) is 19.2 Å². The standard InChI is InChI=1S/C10H13BrN2O2/c1-6-9(15-5-13-6)10(14)12-4-8(11)7-2-3-7/h5,7-8H,2-4H2,1H3,(H,12,14). The zero-order chi connectivity index (χ0) is 10.8. The summed E-state index contributed by atoms with van der Waals surface area (Å²) in [6.45, 7) is 2.40. The Morgan fingerprint density at radius 1 is 1.80 bits per heavy atom. The molecule has 0 saturated heterocycles. The number of carbonyl (C=O) groups excluding carboxylic acids is 1. The van der Waals surface area contributed by atoms with Crippen molar-refractivity contribution in [2.24, 2.45) is 5.92 Å². The van der Waals surface area contributed by atoms with Crippen molar-refractivity contribution in [3.8, 4) is 0 Å². The smallest absolute Gasteiger partial charge is 0.289 e. The quantitative estimate of drug-likeness (QED) is 0.852. The first-order chi connectivity index (χ1) is 7.18. The van der Waals surface area contributed by atoms with E-state index in [-0.39, 0.29) is 5.91 Å². The summed E-state index contributed by atoms with van der Waals surface area (Å²) in [7, 11) is 0. The van der Waals surface area contributed by atoms with E-state index in [4.69, 9.17) is 4.42 Å². The van der Waals surface area contributed by atoms with Gasteiger partial charge in [0.2, 0.25) is 5.76 Å². The molecule has 0 radical (unpaired) electrons. The van der Waals surface area contributed by atoms with E-state index in [1.807, 2.05) is 0 Å². The molecule has 1 aliphatic carbocycles. The van der Waals surface area contributed by atoms with E-state index in [2.05, 4.69) is 26.2 Å². The molecule has 1 N–H and O–H groups in total. The predicted molar refractivity (Wildman–Crippen MR) is 59.0 cm³/mol. The zero-order valence-electron chi connectivity index (χ0n) is 8.50. The van der Waals surface area contributed by atoms with Gasteiger partial charge in [-0.3, -0.25) is 4.79 Å². The van der Waals surface area contributed by atoms with Gasteiger partial charge in [-0.25, -0.2) is 4.98 Å². The normalized spacial score (nSPS) is 17.5. The maximum Gasteiger partial charge on any atom is 0.289 e. The number of rotatable bonds is 4. The number of oxazole rings is 1. The number of halogens is 1. The van der Waals surface area contributed by atoms with Crippen molar-refractivity contribution < 1.29 is 9.21 Å². The van der Waals surface area contributed by atoms with Gasteiger partial charge in [0.25, 0.3) is 5.91 Å². The number of amides is 1. The second-order valence-corrected chi connectivity index (χ2v) is 5.01. The summed E-state index contributed by atoms with van der Waals surface area (Å²) in [5, 5.41) is 2.83. The van der Waals surface area contributed by atoms with Crippen LogP contribution in [0.4, 0.5) is 0 Å². The van der Waals surface area contributed by atoms with Crippen molar-refractivity contribution in [3.05, 3.63) is 17.8 Å². The van der Waals surface area contributed by atoms with Gasteiger partial charge < -0.3 is 9.73 Å². The Kier molecular flexibility index (Phi) is 3.09. The molecule has 82 valence electrons. The molecule has 4 nitrogen and oxygen atoms in total. The van der Waals surface area contributed by atoms with Gasteiger partial charge in [0, 0.05) is 11.4 Å². The van der Waals surface area contributed by atoms with Crippen molar-refractivity contribution >= 4 is 21.8 Å². The summed E-state index contributed by atoms with van der Waals surface area (Å²) in [5.41, 5.74) is 0.630. The molecule has 0 bridgehead atoms. The molecule has 1 aliphatic rings. The molecule has 0 spiro atoms. The van der Waals surface area contributed by atoms with Gasteiger partial charge in [0.1, 0.15) is 0 Å². The summed E-state index contributed by atoms with van der Waals surface area (Å²) in [6.07, 6.45) is 3.80. The first kappa shape index (κ1) is 10.7. The van der Waals surface area contributed by atoms with Gasteiger partial charge in [-0.05, 0) is 25.7 Å². The fraction of sp³-hybridized carbons (Fsp3) is 0.600. The number of carbonyl (C=O) groups is 1. The first-order valence-electron chi connectivity index (χ1n) is 5.01. The zero-order valence-corrected chi connectivity index (χ0v) is 10.1. The molecule has 0 aliphatic heterocycles. The molecule has 1 amide bonds. The van der Waals surface area contributed by atoms with Crippen LogP contribution in [0, 0.1) is 12.8 Å². The lowest BCUT2D eigenvalue weighted by molar-refractivity contribution is 0.0925. The third-order valence-corrected chi connectivity index (χ3v) is 3.61. The summed E-state index contributed by atoms with van der Waals surface area (Å²) >= 11 is 3.55. The molecule has 1 fully saturated rings. The lowest BCUT2D eigenvalue weighted by Crippen LogP contribution is -2.30. The fourth-order valence-corrected chi connectivity index (χ4v) is 2.11. The van der Waals surface area contributed by atoms with E-state index >= 15 is 0 Å². The van der Waals surface area contributed by atoms with Crippen LogP contribution in [0.1, 0.15) is 29.1 Å². The van der Waals surface area contributed by atoms with Crippen LogP contribution in [0.2, 0.25) is 0 Å². The molecular weight excluding hydrogens is 260 g/mol. The molecule has 1 atom stereocenters. The van der Waals surface area contributed by atoms with Crippen molar-refractivity contribution in [3.63, 3.8) is 0 Å². The summed E-state index contributed by atoms with van der Waals surface area (Å²) in [6, 6.07) is 0. The van der Waals surface area contributed by atoms with Gasteiger partial charge >= 0.3 is 0 Å². The molecule has 1 unspecified atom stereocenters. The third-order valence-electron chi connectivity index (χ3n) is 2.54. The minimum Gasteiger partial charge on any atom is -0.438 e. The largest absolute Gasteiger partial charge is 0.438 e. The fourth-order valence-electron chi connectivity index (χ4n) is 1.41. The molecule has 0 aromatic carbocycles. The van der Waals surface area contributed by atoms with Gasteiger partial charge in [-0.2, -0.15) is 0 Å². The Morgan fingerprint density at radius 2 is 2.53 bits per heavy atom. The molecule has 1 heterocycles. The Balaban J connectivity index is 1.84. The number of aryl methyl sites for hydroxylation is 1. The first-order valence-corrected chi connectivity index (χ1v) is 5.92. The van der Waals surface area contributed by atoms with Crippen molar-refractivity contribution in [2.75, 3.05) is 6.54 Å². The number of hydrogen-bond acceptors (Lipinski definition) is 3. The van der Waals surface area contributed by atoms with Crippen LogP contribution < -0.4 is 5.32 Å². The molecular formula is C10H13BrN2O2. The van der Waals surface area contributed by atoms with E-state index in [9.17, 15) is 4.79 Å². The number of hydrogen-bond donors (Lipinski definition) is 1. The van der Waals surface area contributed by atoms with Gasteiger partial charge in [-0.15, -0.1) is 0 Å². The lowest BCUT2D eigenvalue weighted by atomic mass is 10.3. The maximum absolute atomic E-state index is 11.6. The van der Waals surface area contributed by atoms with Crippen LogP contribution >= 0.6 is 15.9 Å². The van der Waals surface area contributed by atoms with Crippen LogP contribution in [0.3, 0.4) is 0 Å². The van der Waals surface area contributed by atoms with E-state index in [1.54, 1.807) is 6.92 Å². The van der Waals surface area contributed by atoms with Crippen LogP contribution in [0.5, 0.6) is 0 Å². The predicted octanol–water partition coefficient (Wildman–Crippen LogP) is 1.89. The Morgan fingerprint density at radius 3 is 3.07 bits per heavy atom. The number of nitrogens with one attached hydrogen (secondary N) is 1. The minimum absolute atomic E-state index is 0.185. The van der Waals surface area contributed by atoms with Gasteiger partial charge in [0.05, 0.1) is 5.69 Å². The average Bonchev–Trinajstić information content (AvgIpc) is 2.98. The third kappa shape index (κ3) is 2.59. The van der Waals surface area contributed by atoms with Crippen molar-refractivity contribution in [2.45, 2.75) is 24.6 Å². The highest BCUT2D eigenvalue weighted by Crippen LogP contribution is 2.36. The Hall–Kier alpha value is -0.840. The van der Waals surface area contributed by atoms with Crippen LogP contribution in [-0.4, -0.2) is 22.3 Å². The van der Waals surface area contributed by atoms with E-state index in [0.29, 0.717) is 22.8 Å². The number of alkyl halides is 1. The molecule has 1 aromatic heterocycles.